The van der Waals surface area contributed by atoms with E-state index >= 15 is 0 Å². The Balaban J connectivity index is 0.000000562. The molecule has 0 amide bonds. The minimum atomic E-state index is -1.29. The molecule has 1 saturated heterocycles. The molecule has 3 aliphatic rings. The number of fused-ring (bicyclic) bond motifs is 1. The van der Waals surface area contributed by atoms with Gasteiger partial charge in [0, 0.05) is 0 Å². The molecule has 0 aromatic carbocycles. The van der Waals surface area contributed by atoms with E-state index in [-0.39, 0.29) is 7.43 Å². The molecule has 3 atom stereocenters. The zero-order valence-electron chi connectivity index (χ0n) is 13.9. The molecule has 3 unspecified atom stereocenters. The van der Waals surface area contributed by atoms with E-state index in [1.807, 2.05) is 0 Å². The van der Waals surface area contributed by atoms with Gasteiger partial charge in [-0.15, -0.1) is 13.1 Å². The number of rotatable bonds is 2. The average molecular weight is 395 g/mol. The Hall–Kier alpha value is 0.911. The molecular weight excluding hydrogens is 367 g/mol. The first kappa shape index (κ1) is 21.0. The van der Waals surface area contributed by atoms with Crippen LogP contribution in [0.5, 0.6) is 0 Å². The van der Waals surface area contributed by atoms with Gasteiger partial charge in [-0.25, -0.2) is 0 Å². The molecular formula is C16H28Cl2N2SiTi-2. The van der Waals surface area contributed by atoms with Crippen molar-refractivity contribution in [3.63, 3.8) is 0 Å². The minimum absolute atomic E-state index is 0. The van der Waals surface area contributed by atoms with Crippen molar-refractivity contribution in [2.24, 2.45) is 11.8 Å². The van der Waals surface area contributed by atoms with Crippen molar-refractivity contribution in [2.45, 2.75) is 31.5 Å². The van der Waals surface area contributed by atoms with E-state index in [4.69, 9.17) is 18.6 Å². The zero-order valence-corrected chi connectivity index (χ0v) is 18.0. The van der Waals surface area contributed by atoms with Crippen molar-refractivity contribution >= 4 is 26.8 Å². The van der Waals surface area contributed by atoms with Crippen LogP contribution in [0.3, 0.4) is 0 Å². The van der Waals surface area contributed by atoms with Crippen molar-refractivity contribution in [3.05, 3.63) is 37.0 Å². The van der Waals surface area contributed by atoms with Crippen molar-refractivity contribution in [2.75, 3.05) is 26.2 Å². The van der Waals surface area contributed by atoms with Gasteiger partial charge >= 0.3 is 35.6 Å². The summed E-state index contributed by atoms with van der Waals surface area (Å²) in [6.07, 6.45) is 12.3. The van der Waals surface area contributed by atoms with Gasteiger partial charge in [0.2, 0.25) is 0 Å². The van der Waals surface area contributed by atoms with Crippen LogP contribution in [-0.4, -0.2) is 39.0 Å². The SMILES string of the molecule is C[Si](C)(C1CCC2C=CC=CC21)N1CC[N-]CC1.[CH3-].[Cl][Ti][Cl]. The molecule has 2 fully saturated rings. The molecule has 0 bridgehead atoms. The van der Waals surface area contributed by atoms with Crippen LogP contribution in [-0.2, 0) is 17.0 Å². The monoisotopic (exact) mass is 394 g/mol. The van der Waals surface area contributed by atoms with Gasteiger partial charge < -0.3 is 17.3 Å². The second-order valence-electron chi connectivity index (χ2n) is 6.58. The van der Waals surface area contributed by atoms with Gasteiger partial charge in [-0.3, -0.25) is 0 Å². The quantitative estimate of drug-likeness (QED) is 0.462. The van der Waals surface area contributed by atoms with Gasteiger partial charge in [0.15, 0.2) is 0 Å². The third kappa shape index (κ3) is 4.95. The predicted octanol–water partition coefficient (Wildman–Crippen LogP) is 5.23. The number of nitrogens with zero attached hydrogens (tertiary/aromatic N) is 2. The van der Waals surface area contributed by atoms with Crippen LogP contribution in [0.4, 0.5) is 0 Å². The first-order valence-electron chi connectivity index (χ1n) is 7.80. The van der Waals surface area contributed by atoms with E-state index in [9.17, 15) is 0 Å². The molecule has 2 aliphatic carbocycles. The van der Waals surface area contributed by atoms with E-state index in [0.717, 1.165) is 30.5 Å². The number of hydrogen-bond acceptors (Lipinski definition) is 1. The van der Waals surface area contributed by atoms with E-state index in [2.05, 4.69) is 47.3 Å². The van der Waals surface area contributed by atoms with Gasteiger partial charge in [-0.05, 0) is 36.9 Å². The van der Waals surface area contributed by atoms with Crippen LogP contribution in [0, 0.1) is 19.3 Å². The normalized spacial score (nSPS) is 30.8. The van der Waals surface area contributed by atoms with Crippen molar-refractivity contribution in [3.8, 4) is 0 Å². The summed E-state index contributed by atoms with van der Waals surface area (Å²) in [7, 11) is 8.49. The Bertz CT molecular complexity index is 384. The fourth-order valence-electron chi connectivity index (χ4n) is 4.20. The number of allylic oxidation sites excluding steroid dienone is 4. The maximum atomic E-state index is 4.89. The Kier molecular flexibility index (Phi) is 9.55. The molecule has 0 radical (unpaired) electrons. The summed E-state index contributed by atoms with van der Waals surface area (Å²) in [6.45, 7) is 9.74. The molecule has 22 heavy (non-hydrogen) atoms. The van der Waals surface area contributed by atoms with Crippen LogP contribution in [0.2, 0.25) is 18.6 Å². The average Bonchev–Trinajstić information content (AvgIpc) is 2.94. The number of hydrogen-bond donors (Lipinski definition) is 0. The summed E-state index contributed by atoms with van der Waals surface area (Å²) in [4.78, 5) is 0. The van der Waals surface area contributed by atoms with Crippen LogP contribution >= 0.6 is 18.6 Å². The molecule has 0 aromatic heterocycles. The summed E-state index contributed by atoms with van der Waals surface area (Å²) in [5.41, 5.74) is 0.946. The third-order valence-electron chi connectivity index (χ3n) is 5.35. The fourth-order valence-corrected chi connectivity index (χ4v) is 8.19. The summed E-state index contributed by atoms with van der Waals surface area (Å²) in [5.74, 6) is 1.66. The third-order valence-corrected chi connectivity index (χ3v) is 9.92. The summed E-state index contributed by atoms with van der Waals surface area (Å²) in [6, 6.07) is 0. The maximum absolute atomic E-state index is 4.89. The summed E-state index contributed by atoms with van der Waals surface area (Å²) in [5, 5.41) is 4.50. The molecule has 3 rings (SSSR count). The molecule has 126 valence electrons. The van der Waals surface area contributed by atoms with E-state index < -0.39 is 25.3 Å². The standard InChI is InChI=1S/C15H25N2Si.CH3.2ClH.Ti/c1-18(2,17-11-9-16-10-12-17)15-8-7-13-5-3-4-6-14(13)15;;;;/h3-6,13-15H,7-12H2,1-2H3;1H3;2*1H;/q2*-1;;;+2/p-2. The summed E-state index contributed by atoms with van der Waals surface area (Å²) < 4.78 is 2.82. The van der Waals surface area contributed by atoms with Crippen LogP contribution < -0.4 is 0 Å². The Labute approximate surface area is 154 Å². The molecule has 0 aromatic rings. The second kappa shape index (κ2) is 10.0. The van der Waals surface area contributed by atoms with E-state index in [0.29, 0.717) is 0 Å². The Morgan fingerprint density at radius 1 is 1.09 bits per heavy atom. The van der Waals surface area contributed by atoms with E-state index in [1.165, 1.54) is 25.9 Å². The molecule has 1 heterocycles. The van der Waals surface area contributed by atoms with Gasteiger partial charge in [-0.2, -0.15) is 0 Å². The van der Waals surface area contributed by atoms with Gasteiger partial charge in [0.1, 0.15) is 8.24 Å². The molecule has 6 heteroatoms. The van der Waals surface area contributed by atoms with Gasteiger partial charge in [0.05, 0.1) is 0 Å². The van der Waals surface area contributed by atoms with Gasteiger partial charge in [0.25, 0.3) is 0 Å². The van der Waals surface area contributed by atoms with Crippen molar-refractivity contribution in [1.82, 2.24) is 4.57 Å². The van der Waals surface area contributed by atoms with Crippen LogP contribution in [0.15, 0.2) is 24.3 Å². The summed E-state index contributed by atoms with van der Waals surface area (Å²) >= 11 is -0.556. The van der Waals surface area contributed by atoms with E-state index in [1.54, 1.807) is 0 Å². The Morgan fingerprint density at radius 3 is 2.32 bits per heavy atom. The molecule has 1 saturated carbocycles. The first-order chi connectivity index (χ1) is 10.1. The number of piperazine rings is 1. The molecule has 0 N–H and O–H groups in total. The Morgan fingerprint density at radius 2 is 1.68 bits per heavy atom. The molecule has 2 nitrogen and oxygen atoms in total. The topological polar surface area (TPSA) is 17.3 Å². The van der Waals surface area contributed by atoms with Crippen LogP contribution in [0.1, 0.15) is 12.8 Å². The molecule has 1 aliphatic heterocycles. The van der Waals surface area contributed by atoms with Crippen LogP contribution in [0.25, 0.3) is 5.32 Å². The number of halogens is 2. The van der Waals surface area contributed by atoms with Crippen molar-refractivity contribution in [1.29, 1.82) is 0 Å². The molecule has 0 spiro atoms. The fraction of sp³-hybridized carbons (Fsp3) is 0.688. The predicted molar refractivity (Wildman–Crippen MR) is 98.5 cm³/mol. The second-order valence-corrected chi connectivity index (χ2v) is 13.8. The first-order valence-corrected chi connectivity index (χ1v) is 15.1. The zero-order chi connectivity index (χ0) is 15.3. The van der Waals surface area contributed by atoms with Gasteiger partial charge in [-0.1, -0.05) is 43.8 Å². The van der Waals surface area contributed by atoms with Crippen molar-refractivity contribution < 1.29 is 17.0 Å².